The summed E-state index contributed by atoms with van der Waals surface area (Å²) in [6.07, 6.45) is 4.65. The largest absolute Gasteiger partial charge is 0.255 e. The standard InChI is InChI=1S/C12H10ClNS/c13-12-6-5-11(15-12)10-4-3-9(7-14-10)8-1-2-8/h3-8H,1-2H2. The minimum atomic E-state index is 0.776. The van der Waals surface area contributed by atoms with Crippen molar-refractivity contribution >= 4 is 22.9 Å². The van der Waals surface area contributed by atoms with Crippen LogP contribution in [-0.2, 0) is 0 Å². The quantitative estimate of drug-likeness (QED) is 0.755. The molecule has 0 N–H and O–H groups in total. The lowest BCUT2D eigenvalue weighted by atomic mass is 10.2. The summed E-state index contributed by atoms with van der Waals surface area (Å²) in [6, 6.07) is 8.22. The third-order valence-electron chi connectivity index (χ3n) is 2.66. The number of pyridine rings is 1. The molecule has 1 saturated carbocycles. The molecule has 2 aromatic heterocycles. The van der Waals surface area contributed by atoms with Crippen LogP contribution in [0.5, 0.6) is 0 Å². The number of rotatable bonds is 2. The normalized spacial score (nSPS) is 15.5. The monoisotopic (exact) mass is 235 g/mol. The predicted octanol–water partition coefficient (Wildman–Crippen LogP) is 4.34. The van der Waals surface area contributed by atoms with E-state index in [-0.39, 0.29) is 0 Å². The van der Waals surface area contributed by atoms with Crippen LogP contribution < -0.4 is 0 Å². The van der Waals surface area contributed by atoms with Gasteiger partial charge in [-0.3, -0.25) is 4.98 Å². The number of thiophene rings is 1. The Morgan fingerprint density at radius 2 is 2.07 bits per heavy atom. The van der Waals surface area contributed by atoms with Gasteiger partial charge < -0.3 is 0 Å². The molecular formula is C12H10ClNS. The fourth-order valence-corrected chi connectivity index (χ4v) is 2.68. The lowest BCUT2D eigenvalue weighted by Gasteiger charge is -1.99. The van der Waals surface area contributed by atoms with Crippen LogP contribution in [0.2, 0.25) is 4.34 Å². The maximum atomic E-state index is 5.89. The zero-order valence-electron chi connectivity index (χ0n) is 8.11. The van der Waals surface area contributed by atoms with E-state index < -0.39 is 0 Å². The van der Waals surface area contributed by atoms with E-state index in [4.69, 9.17) is 11.6 Å². The Hall–Kier alpha value is -0.860. The van der Waals surface area contributed by atoms with Crippen molar-refractivity contribution in [1.29, 1.82) is 0 Å². The summed E-state index contributed by atoms with van der Waals surface area (Å²) in [7, 11) is 0. The number of halogens is 1. The molecule has 0 radical (unpaired) electrons. The third kappa shape index (κ3) is 1.92. The van der Waals surface area contributed by atoms with Crippen molar-refractivity contribution in [1.82, 2.24) is 4.98 Å². The van der Waals surface area contributed by atoms with Gasteiger partial charge in [0.25, 0.3) is 0 Å². The van der Waals surface area contributed by atoms with Crippen molar-refractivity contribution < 1.29 is 0 Å². The summed E-state index contributed by atoms with van der Waals surface area (Å²) in [5.74, 6) is 0.776. The van der Waals surface area contributed by atoms with Crippen molar-refractivity contribution in [2.24, 2.45) is 0 Å². The molecule has 1 fully saturated rings. The van der Waals surface area contributed by atoms with E-state index in [2.05, 4.69) is 17.1 Å². The second-order valence-corrected chi connectivity index (χ2v) is 5.57. The van der Waals surface area contributed by atoms with Crippen molar-refractivity contribution in [2.75, 3.05) is 0 Å². The van der Waals surface area contributed by atoms with Gasteiger partial charge in [0.05, 0.1) is 14.9 Å². The Kier molecular flexibility index (Phi) is 2.26. The summed E-state index contributed by atoms with van der Waals surface area (Å²) in [4.78, 5) is 5.62. The van der Waals surface area contributed by atoms with Crippen LogP contribution >= 0.6 is 22.9 Å². The molecule has 0 atom stereocenters. The number of hydrogen-bond donors (Lipinski definition) is 0. The lowest BCUT2D eigenvalue weighted by Crippen LogP contribution is -1.83. The van der Waals surface area contributed by atoms with Crippen molar-refractivity contribution in [3.8, 4) is 10.6 Å². The van der Waals surface area contributed by atoms with E-state index in [0.29, 0.717) is 0 Å². The molecule has 3 heteroatoms. The summed E-state index contributed by atoms with van der Waals surface area (Å²) in [5, 5.41) is 0. The topological polar surface area (TPSA) is 12.9 Å². The molecule has 2 heterocycles. The predicted molar refractivity (Wildman–Crippen MR) is 64.5 cm³/mol. The molecule has 15 heavy (non-hydrogen) atoms. The molecule has 2 aromatic rings. The maximum absolute atomic E-state index is 5.89. The zero-order chi connectivity index (χ0) is 10.3. The van der Waals surface area contributed by atoms with E-state index in [1.54, 1.807) is 11.3 Å². The fourth-order valence-electron chi connectivity index (χ4n) is 1.66. The van der Waals surface area contributed by atoms with Gasteiger partial charge in [0.15, 0.2) is 0 Å². The molecule has 0 saturated heterocycles. The number of hydrogen-bond acceptors (Lipinski definition) is 2. The summed E-state index contributed by atoms with van der Waals surface area (Å²) >= 11 is 7.47. The Morgan fingerprint density at radius 3 is 2.60 bits per heavy atom. The van der Waals surface area contributed by atoms with E-state index in [9.17, 15) is 0 Å². The minimum absolute atomic E-state index is 0.776. The molecule has 1 nitrogen and oxygen atoms in total. The minimum Gasteiger partial charge on any atom is -0.255 e. The van der Waals surface area contributed by atoms with Crippen molar-refractivity contribution in [3.63, 3.8) is 0 Å². The van der Waals surface area contributed by atoms with Crippen LogP contribution in [0.3, 0.4) is 0 Å². The zero-order valence-corrected chi connectivity index (χ0v) is 9.68. The van der Waals surface area contributed by atoms with Crippen LogP contribution in [0, 0.1) is 0 Å². The van der Waals surface area contributed by atoms with Gasteiger partial charge in [-0.25, -0.2) is 0 Å². The van der Waals surface area contributed by atoms with Gasteiger partial charge >= 0.3 is 0 Å². The molecule has 0 aromatic carbocycles. The Balaban J connectivity index is 1.92. The maximum Gasteiger partial charge on any atom is 0.0935 e. The second-order valence-electron chi connectivity index (χ2n) is 3.85. The average Bonchev–Trinajstić information content (AvgIpc) is 3.02. The number of aromatic nitrogens is 1. The first kappa shape index (κ1) is 9.37. The summed E-state index contributed by atoms with van der Waals surface area (Å²) < 4.78 is 0.818. The van der Waals surface area contributed by atoms with Gasteiger partial charge in [-0.1, -0.05) is 17.7 Å². The van der Waals surface area contributed by atoms with Gasteiger partial charge in [-0.15, -0.1) is 11.3 Å². The highest BCUT2D eigenvalue weighted by atomic mass is 35.5. The van der Waals surface area contributed by atoms with Gasteiger partial charge in [-0.2, -0.15) is 0 Å². The van der Waals surface area contributed by atoms with E-state index in [1.165, 1.54) is 18.4 Å². The summed E-state index contributed by atoms with van der Waals surface area (Å²) in [5.41, 5.74) is 2.40. The average molecular weight is 236 g/mol. The third-order valence-corrected chi connectivity index (χ3v) is 3.91. The molecule has 0 unspecified atom stereocenters. The molecule has 0 bridgehead atoms. The van der Waals surface area contributed by atoms with E-state index >= 15 is 0 Å². The SMILES string of the molecule is Clc1ccc(-c2ccc(C3CC3)cn2)s1. The first-order valence-corrected chi connectivity index (χ1v) is 6.24. The molecular weight excluding hydrogens is 226 g/mol. The Bertz CT molecular complexity index is 471. The van der Waals surface area contributed by atoms with Crippen LogP contribution in [0.1, 0.15) is 24.3 Å². The van der Waals surface area contributed by atoms with Gasteiger partial charge in [0.2, 0.25) is 0 Å². The molecule has 0 amide bonds. The van der Waals surface area contributed by atoms with Crippen molar-refractivity contribution in [3.05, 3.63) is 40.4 Å². The van der Waals surface area contributed by atoms with Gasteiger partial charge in [-0.05, 0) is 42.5 Å². The highest BCUT2D eigenvalue weighted by Gasteiger charge is 2.23. The van der Waals surface area contributed by atoms with Gasteiger partial charge in [0, 0.05) is 6.20 Å². The van der Waals surface area contributed by atoms with Crippen LogP contribution in [0.15, 0.2) is 30.5 Å². The van der Waals surface area contributed by atoms with Crippen molar-refractivity contribution in [2.45, 2.75) is 18.8 Å². The highest BCUT2D eigenvalue weighted by Crippen LogP contribution is 2.40. The van der Waals surface area contributed by atoms with Gasteiger partial charge in [0.1, 0.15) is 0 Å². The molecule has 3 rings (SSSR count). The molecule has 0 spiro atoms. The lowest BCUT2D eigenvalue weighted by molar-refractivity contribution is 1.10. The fraction of sp³-hybridized carbons (Fsp3) is 0.250. The van der Waals surface area contributed by atoms with E-state index in [1.807, 2.05) is 18.3 Å². The first-order valence-electron chi connectivity index (χ1n) is 5.04. The first-order chi connectivity index (χ1) is 7.33. The Labute approximate surface area is 97.7 Å². The van der Waals surface area contributed by atoms with E-state index in [0.717, 1.165) is 20.8 Å². The number of nitrogens with zero attached hydrogens (tertiary/aromatic N) is 1. The van der Waals surface area contributed by atoms with Crippen LogP contribution in [0.4, 0.5) is 0 Å². The smallest absolute Gasteiger partial charge is 0.0935 e. The molecule has 0 aliphatic heterocycles. The van der Waals surface area contributed by atoms with Crippen LogP contribution in [0.25, 0.3) is 10.6 Å². The second kappa shape index (κ2) is 3.62. The Morgan fingerprint density at radius 1 is 1.20 bits per heavy atom. The molecule has 1 aliphatic rings. The van der Waals surface area contributed by atoms with Crippen LogP contribution in [-0.4, -0.2) is 4.98 Å². The summed E-state index contributed by atoms with van der Waals surface area (Å²) in [6.45, 7) is 0. The highest BCUT2D eigenvalue weighted by molar-refractivity contribution is 7.19. The molecule has 76 valence electrons. The molecule has 1 aliphatic carbocycles.